The van der Waals surface area contributed by atoms with Crippen molar-refractivity contribution in [2.45, 2.75) is 37.9 Å². The van der Waals surface area contributed by atoms with E-state index in [4.69, 9.17) is 0 Å². The quantitative estimate of drug-likeness (QED) is 0.863. The second kappa shape index (κ2) is 6.30. The Hall–Kier alpha value is -1.58. The Labute approximate surface area is 147 Å². The predicted molar refractivity (Wildman–Crippen MR) is 86.5 cm³/mol. The molecule has 3 fully saturated rings. The molecule has 3 aliphatic rings. The minimum atomic E-state index is -4.46. The highest BCUT2D eigenvalue weighted by Gasteiger charge is 2.41. The standard InChI is InChI=1S/C15H20F3N5OS/c16-15(17,18)12-20-21-14(25-12)23-5-3-22(4-6-23)13(24)19-11-8-9-1-2-10(11)7-9/h9-11H,1-8H2,(H,19,24)/t9-,10+,11-/m1/s1. The third kappa shape index (κ3) is 3.40. The number of aromatic nitrogens is 2. The fourth-order valence-electron chi connectivity index (χ4n) is 4.23. The lowest BCUT2D eigenvalue weighted by Gasteiger charge is -2.35. The van der Waals surface area contributed by atoms with Crippen LogP contribution in [-0.4, -0.2) is 53.3 Å². The number of nitrogens with zero attached hydrogens (tertiary/aromatic N) is 4. The van der Waals surface area contributed by atoms with Crippen LogP contribution in [0.3, 0.4) is 0 Å². The van der Waals surface area contributed by atoms with Gasteiger partial charge in [-0.3, -0.25) is 0 Å². The maximum Gasteiger partial charge on any atom is 0.445 e. The zero-order chi connectivity index (χ0) is 17.6. The van der Waals surface area contributed by atoms with Crippen LogP contribution in [0.2, 0.25) is 0 Å². The van der Waals surface area contributed by atoms with Crippen molar-refractivity contribution in [3.63, 3.8) is 0 Å². The first-order valence-corrected chi connectivity index (χ1v) is 9.43. The number of rotatable bonds is 2. The van der Waals surface area contributed by atoms with Gasteiger partial charge in [-0.05, 0) is 31.1 Å². The lowest BCUT2D eigenvalue weighted by molar-refractivity contribution is -0.138. The molecular weight excluding hydrogens is 355 g/mol. The first-order valence-electron chi connectivity index (χ1n) is 8.61. The summed E-state index contributed by atoms with van der Waals surface area (Å²) in [6.07, 6.45) is 0.358. The summed E-state index contributed by atoms with van der Waals surface area (Å²) in [5.74, 6) is 1.39. The van der Waals surface area contributed by atoms with Crippen molar-refractivity contribution in [1.29, 1.82) is 0 Å². The van der Waals surface area contributed by atoms with Crippen molar-refractivity contribution in [1.82, 2.24) is 20.4 Å². The summed E-state index contributed by atoms with van der Waals surface area (Å²) >= 11 is 0.550. The molecule has 1 aromatic heterocycles. The van der Waals surface area contributed by atoms with Crippen LogP contribution in [0.4, 0.5) is 23.1 Å². The fourth-order valence-corrected chi connectivity index (χ4v) is 4.99. The molecule has 10 heteroatoms. The zero-order valence-electron chi connectivity index (χ0n) is 13.6. The minimum absolute atomic E-state index is 0.0505. The van der Waals surface area contributed by atoms with Crippen LogP contribution in [0.5, 0.6) is 0 Å². The Morgan fingerprint density at radius 2 is 1.88 bits per heavy atom. The molecule has 3 atom stereocenters. The normalized spacial score (nSPS) is 29.3. The highest BCUT2D eigenvalue weighted by Crippen LogP contribution is 2.44. The van der Waals surface area contributed by atoms with Gasteiger partial charge in [0.2, 0.25) is 10.1 Å². The number of alkyl halides is 3. The van der Waals surface area contributed by atoms with Crippen molar-refractivity contribution in [2.24, 2.45) is 11.8 Å². The fraction of sp³-hybridized carbons (Fsp3) is 0.800. The van der Waals surface area contributed by atoms with E-state index in [1.54, 1.807) is 9.80 Å². The molecular formula is C15H20F3N5OS. The summed E-state index contributed by atoms with van der Waals surface area (Å²) in [5.41, 5.74) is 0. The summed E-state index contributed by atoms with van der Waals surface area (Å²) in [6.45, 7) is 1.90. The number of hydrogen-bond donors (Lipinski definition) is 1. The lowest BCUT2D eigenvalue weighted by Crippen LogP contribution is -2.54. The molecule has 138 valence electrons. The molecule has 2 amide bonds. The van der Waals surface area contributed by atoms with Gasteiger partial charge in [-0.1, -0.05) is 17.8 Å². The maximum absolute atomic E-state index is 12.6. The molecule has 6 nitrogen and oxygen atoms in total. The third-order valence-electron chi connectivity index (χ3n) is 5.54. The number of fused-ring (bicyclic) bond motifs is 2. The Bertz CT molecular complexity index is 643. The SMILES string of the molecule is O=C(N[C@@H]1C[C@@H]2CC[C@H]1C2)N1CCN(c2nnc(C(F)(F)F)s2)CC1. The molecule has 25 heavy (non-hydrogen) atoms. The Balaban J connectivity index is 1.29. The summed E-state index contributed by atoms with van der Waals surface area (Å²) < 4.78 is 37.9. The number of nitrogens with one attached hydrogen (secondary N) is 1. The van der Waals surface area contributed by atoms with Crippen molar-refractivity contribution in [3.05, 3.63) is 5.01 Å². The van der Waals surface area contributed by atoms with Crippen LogP contribution in [-0.2, 0) is 6.18 Å². The van der Waals surface area contributed by atoms with Crippen LogP contribution in [0.15, 0.2) is 0 Å². The van der Waals surface area contributed by atoms with E-state index in [0.717, 1.165) is 12.3 Å². The van der Waals surface area contributed by atoms with Gasteiger partial charge >= 0.3 is 12.2 Å². The molecule has 0 radical (unpaired) electrons. The smallest absolute Gasteiger partial charge is 0.343 e. The number of carbonyl (C=O) groups excluding carboxylic acids is 1. The van der Waals surface area contributed by atoms with Crippen molar-refractivity contribution < 1.29 is 18.0 Å². The maximum atomic E-state index is 12.6. The van der Waals surface area contributed by atoms with Crippen LogP contribution < -0.4 is 10.2 Å². The first kappa shape index (κ1) is 16.9. The van der Waals surface area contributed by atoms with E-state index < -0.39 is 11.2 Å². The molecule has 2 bridgehead atoms. The summed E-state index contributed by atoms with van der Waals surface area (Å²) in [6, 6.07) is 0.243. The second-order valence-corrected chi connectivity index (χ2v) is 8.05. The van der Waals surface area contributed by atoms with Gasteiger partial charge in [0.05, 0.1) is 0 Å². The number of piperazine rings is 1. The third-order valence-corrected chi connectivity index (χ3v) is 6.57. The second-order valence-electron chi connectivity index (χ2n) is 7.09. The summed E-state index contributed by atoms with van der Waals surface area (Å²) in [7, 11) is 0. The first-order chi connectivity index (χ1) is 11.9. The van der Waals surface area contributed by atoms with Gasteiger partial charge in [-0.15, -0.1) is 10.2 Å². The van der Waals surface area contributed by atoms with Crippen molar-refractivity contribution >= 4 is 22.5 Å². The number of amides is 2. The van der Waals surface area contributed by atoms with Crippen LogP contribution in [0.25, 0.3) is 0 Å². The molecule has 1 saturated heterocycles. The molecule has 2 saturated carbocycles. The molecule has 2 heterocycles. The van der Waals surface area contributed by atoms with Gasteiger partial charge in [0.15, 0.2) is 0 Å². The molecule has 0 unspecified atom stereocenters. The number of hydrogen-bond acceptors (Lipinski definition) is 5. The van der Waals surface area contributed by atoms with Crippen LogP contribution in [0, 0.1) is 11.8 Å². The van der Waals surface area contributed by atoms with E-state index in [-0.39, 0.29) is 11.2 Å². The van der Waals surface area contributed by atoms with Gasteiger partial charge in [0.1, 0.15) is 0 Å². The van der Waals surface area contributed by atoms with E-state index in [2.05, 4.69) is 15.5 Å². The van der Waals surface area contributed by atoms with E-state index in [0.29, 0.717) is 49.5 Å². The number of urea groups is 1. The largest absolute Gasteiger partial charge is 0.445 e. The Kier molecular flexibility index (Phi) is 4.25. The van der Waals surface area contributed by atoms with Crippen LogP contribution >= 0.6 is 11.3 Å². The van der Waals surface area contributed by atoms with Crippen molar-refractivity contribution in [3.8, 4) is 0 Å². The lowest BCUT2D eigenvalue weighted by atomic mass is 9.95. The molecule has 4 rings (SSSR count). The van der Waals surface area contributed by atoms with E-state index >= 15 is 0 Å². The zero-order valence-corrected chi connectivity index (χ0v) is 14.4. The highest BCUT2D eigenvalue weighted by molar-refractivity contribution is 7.15. The molecule has 0 aromatic carbocycles. The topological polar surface area (TPSA) is 61.4 Å². The number of anilines is 1. The molecule has 1 aromatic rings. The van der Waals surface area contributed by atoms with Crippen molar-refractivity contribution in [2.75, 3.05) is 31.1 Å². The van der Waals surface area contributed by atoms with Gasteiger partial charge in [0.25, 0.3) is 0 Å². The Morgan fingerprint density at radius 1 is 1.12 bits per heavy atom. The molecule has 1 aliphatic heterocycles. The minimum Gasteiger partial charge on any atom is -0.343 e. The molecule has 1 N–H and O–H groups in total. The van der Waals surface area contributed by atoms with Gasteiger partial charge in [-0.2, -0.15) is 13.2 Å². The van der Waals surface area contributed by atoms with E-state index in [9.17, 15) is 18.0 Å². The van der Waals surface area contributed by atoms with Crippen LogP contribution in [0.1, 0.15) is 30.7 Å². The average Bonchev–Trinajstić information content (AvgIpc) is 3.30. The van der Waals surface area contributed by atoms with E-state index in [1.807, 2.05) is 0 Å². The van der Waals surface area contributed by atoms with Gasteiger partial charge < -0.3 is 15.1 Å². The number of carbonyl (C=O) groups is 1. The summed E-state index contributed by atoms with van der Waals surface area (Å²) in [4.78, 5) is 15.9. The number of halogens is 3. The predicted octanol–water partition coefficient (Wildman–Crippen LogP) is 2.58. The van der Waals surface area contributed by atoms with E-state index in [1.165, 1.54) is 19.3 Å². The summed E-state index contributed by atoms with van der Waals surface area (Å²) in [5, 5.41) is 9.34. The Morgan fingerprint density at radius 3 is 2.44 bits per heavy atom. The molecule has 2 aliphatic carbocycles. The average molecular weight is 375 g/mol. The molecule has 0 spiro atoms. The highest BCUT2D eigenvalue weighted by atomic mass is 32.1. The monoisotopic (exact) mass is 375 g/mol. The van der Waals surface area contributed by atoms with Gasteiger partial charge in [-0.25, -0.2) is 4.79 Å². The van der Waals surface area contributed by atoms with Gasteiger partial charge in [0, 0.05) is 32.2 Å².